The number of rotatable bonds is 5. The van der Waals surface area contributed by atoms with Gasteiger partial charge in [-0.2, -0.15) is 0 Å². The second-order valence-electron chi connectivity index (χ2n) is 20.3. The van der Waals surface area contributed by atoms with Crippen molar-refractivity contribution in [1.82, 2.24) is 0 Å². The van der Waals surface area contributed by atoms with E-state index in [9.17, 15) is 0 Å². The highest BCUT2D eigenvalue weighted by Gasteiger charge is 2.77. The van der Waals surface area contributed by atoms with Gasteiger partial charge < -0.3 is 28.2 Å². The fourth-order valence-corrected chi connectivity index (χ4v) is 16.7. The molecule has 14 atom stereocenters. The summed E-state index contributed by atoms with van der Waals surface area (Å²) < 4.78 is 17.7. The first-order valence-corrected chi connectivity index (χ1v) is 22.8. The van der Waals surface area contributed by atoms with Crippen molar-refractivity contribution >= 4 is 11.4 Å². The summed E-state index contributed by atoms with van der Waals surface area (Å²) in [7, 11) is 0. The zero-order valence-corrected chi connectivity index (χ0v) is 33.6. The van der Waals surface area contributed by atoms with Crippen LogP contribution < -0.4 is 9.80 Å². The molecule has 4 bridgehead atoms. The summed E-state index contributed by atoms with van der Waals surface area (Å²) in [6.07, 6.45) is 10.2. The smallest absolute Gasteiger partial charge is 0.136 e. The van der Waals surface area contributed by atoms with Crippen molar-refractivity contribution in [2.24, 2.45) is 29.6 Å². The molecule has 2 saturated carbocycles. The summed E-state index contributed by atoms with van der Waals surface area (Å²) in [5.74, 6) is 2.26. The Kier molecular flexibility index (Phi) is 6.94. The predicted molar refractivity (Wildman–Crippen MR) is 227 cm³/mol. The standard InChI is InChI=1S/C52H56N4O2/c1-4-12-34(13-5-1)30-55-24-20-39-44(55)28-40-36(32-55)21-26-57-50-46(40)48(39)53(38-16-8-3-9-17-38)51-47-41-29-45-52(42-18-10-11-19-43(42)54(50)49(47)52)23-25-56(45,33-37(41)22-27-58-51)31-35-14-6-2-7-15-35/h1-19,21-22,39-41,44-51H,20,23-33H2/q+2/t39-,40-,41-,44-,45-,46+,47+,48+,49-,50+,51+,52+,55?,56?/m0/s1. The third kappa shape index (κ3) is 4.23. The first-order valence-electron chi connectivity index (χ1n) is 22.8. The summed E-state index contributed by atoms with van der Waals surface area (Å²) >= 11 is 0. The van der Waals surface area contributed by atoms with Crippen LogP contribution in [-0.2, 0) is 28.0 Å². The van der Waals surface area contributed by atoms with Gasteiger partial charge in [-0.15, -0.1) is 0 Å². The fraction of sp³-hybridized carbons (Fsp3) is 0.462. The minimum absolute atomic E-state index is 0.00686. The van der Waals surface area contributed by atoms with Crippen LogP contribution in [0.25, 0.3) is 0 Å². The maximum atomic E-state index is 7.64. The quantitative estimate of drug-likeness (QED) is 0.152. The normalized spacial score (nSPS) is 43.0. The van der Waals surface area contributed by atoms with E-state index in [1.54, 1.807) is 16.7 Å². The van der Waals surface area contributed by atoms with Crippen molar-refractivity contribution in [1.29, 1.82) is 0 Å². The molecule has 2 aliphatic carbocycles. The monoisotopic (exact) mass is 768 g/mol. The Bertz CT molecular complexity index is 2350. The summed E-state index contributed by atoms with van der Waals surface area (Å²) in [6.45, 7) is 8.48. The third-order valence-electron chi connectivity index (χ3n) is 18.4. The average Bonchev–Trinajstić information content (AvgIpc) is 3.80. The van der Waals surface area contributed by atoms with E-state index < -0.39 is 0 Å². The van der Waals surface area contributed by atoms with Gasteiger partial charge in [0.1, 0.15) is 44.7 Å². The van der Waals surface area contributed by atoms with Gasteiger partial charge in [0.2, 0.25) is 0 Å². The molecule has 58 heavy (non-hydrogen) atoms. The van der Waals surface area contributed by atoms with Crippen molar-refractivity contribution < 1.29 is 18.4 Å². The molecule has 5 saturated heterocycles. The molecule has 4 aromatic rings. The predicted octanol–water partition coefficient (Wildman–Crippen LogP) is 8.06. The highest BCUT2D eigenvalue weighted by Crippen LogP contribution is 2.69. The van der Waals surface area contributed by atoms with Crippen LogP contribution in [0.2, 0.25) is 0 Å². The van der Waals surface area contributed by atoms with Crippen LogP contribution in [0.5, 0.6) is 0 Å². The Morgan fingerprint density at radius 2 is 1.24 bits per heavy atom. The van der Waals surface area contributed by atoms with Crippen molar-refractivity contribution in [3.8, 4) is 0 Å². The molecular formula is C52H56N4O2+2. The minimum Gasteiger partial charge on any atom is -0.354 e. The number of nitrogens with zero attached hydrogens (tertiary/aromatic N) is 4. The van der Waals surface area contributed by atoms with Crippen LogP contribution in [0.15, 0.2) is 139 Å². The molecule has 0 N–H and O–H groups in total. The van der Waals surface area contributed by atoms with E-state index in [1.807, 2.05) is 0 Å². The van der Waals surface area contributed by atoms with Gasteiger partial charge in [0.25, 0.3) is 0 Å². The van der Waals surface area contributed by atoms with Crippen molar-refractivity contribution in [2.45, 2.75) is 80.8 Å². The highest BCUT2D eigenvalue weighted by atomic mass is 16.5. The summed E-state index contributed by atoms with van der Waals surface area (Å²) in [6, 6.07) is 46.2. The van der Waals surface area contributed by atoms with E-state index in [0.29, 0.717) is 67.0 Å². The van der Waals surface area contributed by atoms with E-state index in [4.69, 9.17) is 9.47 Å². The molecule has 6 heteroatoms. The molecule has 0 radical (unpaired) electrons. The molecule has 10 aliphatic rings. The van der Waals surface area contributed by atoms with Gasteiger partial charge in [0.15, 0.2) is 0 Å². The number of anilines is 2. The first-order chi connectivity index (χ1) is 28.7. The molecule has 4 aromatic carbocycles. The lowest BCUT2D eigenvalue weighted by Crippen LogP contribution is -2.77. The minimum atomic E-state index is -0.00686. The SMILES string of the molecule is C1=C2C[N+]3(Cc4ccccc4)CC[C@@H]4[C@@H]5[C@H]([C@@H](OC1)N1c6ccccc6[C@@]67CC[N+]8(Cc9ccccc9)CC9=CCO[C@H]([C@@H]([C@H]16)[C@H]9C[C@@H]78)N5c1ccccc1)[C@H]2C[C@@H]43. The first kappa shape index (κ1) is 33.6. The average molecular weight is 769 g/mol. The second-order valence-corrected chi connectivity index (χ2v) is 20.3. The summed E-state index contributed by atoms with van der Waals surface area (Å²) in [4.78, 5) is 5.96. The maximum Gasteiger partial charge on any atom is 0.136 e. The molecular weight excluding hydrogens is 713 g/mol. The Morgan fingerprint density at radius 3 is 1.98 bits per heavy atom. The van der Waals surface area contributed by atoms with Crippen LogP contribution in [0.1, 0.15) is 42.4 Å². The fourth-order valence-electron chi connectivity index (χ4n) is 16.7. The highest BCUT2D eigenvalue weighted by molar-refractivity contribution is 5.68. The topological polar surface area (TPSA) is 24.9 Å². The zero-order chi connectivity index (χ0) is 37.8. The molecule has 7 fully saturated rings. The number of quaternary nitrogens is 2. The van der Waals surface area contributed by atoms with E-state index in [0.717, 1.165) is 19.6 Å². The zero-order valence-electron chi connectivity index (χ0n) is 33.6. The van der Waals surface area contributed by atoms with Crippen LogP contribution in [0.3, 0.4) is 0 Å². The van der Waals surface area contributed by atoms with Gasteiger partial charge in [0, 0.05) is 83.8 Å². The van der Waals surface area contributed by atoms with E-state index in [1.165, 1.54) is 76.8 Å². The number of fused-ring (bicyclic) bond motifs is 4. The molecule has 14 rings (SSSR count). The summed E-state index contributed by atoms with van der Waals surface area (Å²) in [5.41, 5.74) is 10.8. The van der Waals surface area contributed by atoms with Crippen LogP contribution in [-0.4, -0.2) is 85.0 Å². The Labute approximate surface area is 343 Å². The largest absolute Gasteiger partial charge is 0.354 e. The molecule has 294 valence electrons. The number of ether oxygens (including phenoxy) is 2. The van der Waals surface area contributed by atoms with Crippen molar-refractivity contribution in [3.63, 3.8) is 0 Å². The molecule has 8 aliphatic heterocycles. The number of hydrogen-bond donors (Lipinski definition) is 0. The lowest BCUT2D eigenvalue weighted by molar-refractivity contribution is -0.955. The number of hydrogen-bond acceptors (Lipinski definition) is 4. The Morgan fingerprint density at radius 1 is 0.621 bits per heavy atom. The number of para-hydroxylation sites is 2. The molecule has 0 aromatic heterocycles. The van der Waals surface area contributed by atoms with Crippen LogP contribution in [0, 0.1) is 29.6 Å². The number of benzene rings is 4. The summed E-state index contributed by atoms with van der Waals surface area (Å²) in [5, 5.41) is 0. The van der Waals surface area contributed by atoms with E-state index in [2.05, 4.69) is 137 Å². The molecule has 2 unspecified atom stereocenters. The Balaban J connectivity index is 0.996. The van der Waals surface area contributed by atoms with Gasteiger partial charge in [-0.3, -0.25) is 0 Å². The van der Waals surface area contributed by atoms with Gasteiger partial charge in [-0.25, -0.2) is 0 Å². The Hall–Kier alpha value is -4.20. The maximum absolute atomic E-state index is 7.64. The second kappa shape index (κ2) is 12.0. The lowest BCUT2D eigenvalue weighted by atomic mass is 9.53. The molecule has 6 nitrogen and oxygen atoms in total. The molecule has 8 heterocycles. The van der Waals surface area contributed by atoms with E-state index >= 15 is 0 Å². The van der Waals surface area contributed by atoms with E-state index in [-0.39, 0.29) is 17.9 Å². The molecule has 0 amide bonds. The van der Waals surface area contributed by atoms with Crippen LogP contribution in [0.4, 0.5) is 11.4 Å². The van der Waals surface area contributed by atoms with Gasteiger partial charge >= 0.3 is 0 Å². The number of piperidine rings is 2. The van der Waals surface area contributed by atoms with Gasteiger partial charge in [-0.1, -0.05) is 109 Å². The lowest BCUT2D eigenvalue weighted by Gasteiger charge is -2.65. The third-order valence-corrected chi connectivity index (χ3v) is 18.4. The van der Waals surface area contributed by atoms with Crippen molar-refractivity contribution in [2.75, 3.05) is 49.2 Å². The molecule has 1 spiro atoms. The van der Waals surface area contributed by atoms with Gasteiger partial charge in [-0.05, 0) is 34.9 Å². The van der Waals surface area contributed by atoms with Crippen LogP contribution >= 0.6 is 0 Å². The van der Waals surface area contributed by atoms with Gasteiger partial charge in [0.05, 0.1) is 43.8 Å². The van der Waals surface area contributed by atoms with Crippen molar-refractivity contribution in [3.05, 3.63) is 155 Å².